The highest BCUT2D eigenvalue weighted by Crippen LogP contribution is 2.22. The number of methoxy groups -OCH3 is 1. The van der Waals surface area contributed by atoms with Gasteiger partial charge in [0.1, 0.15) is 6.10 Å². The van der Waals surface area contributed by atoms with Gasteiger partial charge in [-0.1, -0.05) is 0 Å². The molecular formula is C6H10O4. The van der Waals surface area contributed by atoms with E-state index in [-0.39, 0.29) is 12.2 Å². The number of carbonyl (C=O) groups is 1. The second kappa shape index (κ2) is 2.88. The summed E-state index contributed by atoms with van der Waals surface area (Å²) in [5.74, 6) is 0. The Morgan fingerprint density at radius 1 is 1.60 bits per heavy atom. The van der Waals surface area contributed by atoms with Gasteiger partial charge in [-0.3, -0.25) is 0 Å². The minimum absolute atomic E-state index is 0.137. The number of aliphatic hydroxyl groups is 1. The van der Waals surface area contributed by atoms with E-state index in [1.165, 1.54) is 7.11 Å². The largest absolute Gasteiger partial charge is 0.508 e. The fraction of sp³-hybridized carbons (Fsp3) is 0.833. The van der Waals surface area contributed by atoms with Crippen molar-refractivity contribution in [3.05, 3.63) is 0 Å². The number of ether oxygens (including phenoxy) is 2. The topological polar surface area (TPSA) is 55.8 Å². The third-order valence-corrected chi connectivity index (χ3v) is 1.50. The molecule has 0 amide bonds. The highest BCUT2D eigenvalue weighted by atomic mass is 16.7. The molecule has 1 aliphatic carbocycles. The first kappa shape index (κ1) is 7.34. The summed E-state index contributed by atoms with van der Waals surface area (Å²) in [6.07, 6.45) is -0.0292. The Hall–Kier alpha value is -0.770. The monoisotopic (exact) mass is 146 g/mol. The summed E-state index contributed by atoms with van der Waals surface area (Å²) in [5, 5.41) is 8.77. The first-order chi connectivity index (χ1) is 4.72. The fourth-order valence-electron chi connectivity index (χ4n) is 0.818. The average molecular weight is 146 g/mol. The minimum Gasteiger partial charge on any atom is -0.438 e. The Kier molecular flexibility index (Phi) is 2.11. The van der Waals surface area contributed by atoms with Crippen molar-refractivity contribution in [3.63, 3.8) is 0 Å². The minimum atomic E-state index is -0.670. The number of hydrogen-bond donors (Lipinski definition) is 1. The van der Waals surface area contributed by atoms with Crippen LogP contribution in [0.5, 0.6) is 0 Å². The molecule has 0 radical (unpaired) electrons. The summed E-state index contributed by atoms with van der Waals surface area (Å²) < 4.78 is 8.93. The number of carbonyl (C=O) groups excluding carboxylic acids is 1. The second-order valence-electron chi connectivity index (χ2n) is 2.32. The number of hydrogen-bond acceptors (Lipinski definition) is 4. The fourth-order valence-corrected chi connectivity index (χ4v) is 0.818. The molecule has 1 fully saturated rings. The summed E-state index contributed by atoms with van der Waals surface area (Å²) in [6, 6.07) is 0. The predicted molar refractivity (Wildman–Crippen MR) is 32.5 cm³/mol. The zero-order valence-electron chi connectivity index (χ0n) is 5.74. The van der Waals surface area contributed by atoms with E-state index in [0.29, 0.717) is 12.8 Å². The van der Waals surface area contributed by atoms with Gasteiger partial charge in [-0.2, -0.15) is 0 Å². The van der Waals surface area contributed by atoms with Gasteiger partial charge in [0.15, 0.2) is 0 Å². The summed E-state index contributed by atoms with van der Waals surface area (Å²) in [5.41, 5.74) is 0. The highest BCUT2D eigenvalue weighted by molar-refractivity contribution is 5.59. The summed E-state index contributed by atoms with van der Waals surface area (Å²) >= 11 is 0. The van der Waals surface area contributed by atoms with Crippen molar-refractivity contribution in [3.8, 4) is 0 Å². The van der Waals surface area contributed by atoms with E-state index >= 15 is 0 Å². The molecule has 1 aliphatic rings. The molecule has 0 atom stereocenters. The van der Waals surface area contributed by atoms with Gasteiger partial charge in [-0.25, -0.2) is 4.79 Å². The zero-order valence-corrected chi connectivity index (χ0v) is 5.74. The Balaban J connectivity index is 2.10. The van der Waals surface area contributed by atoms with Crippen LogP contribution in [0.15, 0.2) is 0 Å². The van der Waals surface area contributed by atoms with Crippen LogP contribution in [0.2, 0.25) is 0 Å². The quantitative estimate of drug-likeness (QED) is 0.540. The lowest BCUT2D eigenvalue weighted by Gasteiger charge is -2.29. The molecule has 0 bridgehead atoms. The maximum atomic E-state index is 10.4. The van der Waals surface area contributed by atoms with Crippen LogP contribution in [-0.4, -0.2) is 30.6 Å². The van der Waals surface area contributed by atoms with Crippen LogP contribution >= 0.6 is 0 Å². The van der Waals surface area contributed by atoms with Crippen molar-refractivity contribution in [1.82, 2.24) is 0 Å². The molecular weight excluding hydrogens is 136 g/mol. The Morgan fingerprint density at radius 3 is 2.60 bits per heavy atom. The molecule has 0 spiro atoms. The van der Waals surface area contributed by atoms with Crippen molar-refractivity contribution >= 4 is 6.16 Å². The van der Waals surface area contributed by atoms with Gasteiger partial charge < -0.3 is 14.6 Å². The molecule has 1 rings (SSSR count). The molecule has 58 valence electrons. The molecule has 10 heavy (non-hydrogen) atoms. The average Bonchev–Trinajstić information content (AvgIpc) is 1.84. The molecule has 0 aromatic carbocycles. The van der Waals surface area contributed by atoms with E-state index < -0.39 is 6.16 Å². The van der Waals surface area contributed by atoms with Gasteiger partial charge in [-0.15, -0.1) is 0 Å². The summed E-state index contributed by atoms with van der Waals surface area (Å²) in [4.78, 5) is 10.4. The number of rotatable bonds is 1. The van der Waals surface area contributed by atoms with E-state index in [1.807, 2.05) is 0 Å². The van der Waals surface area contributed by atoms with Crippen molar-refractivity contribution in [2.75, 3.05) is 7.11 Å². The van der Waals surface area contributed by atoms with Crippen LogP contribution in [0.4, 0.5) is 4.79 Å². The predicted octanol–water partition coefficient (Wildman–Crippen LogP) is 0.293. The zero-order chi connectivity index (χ0) is 7.56. The lowest BCUT2D eigenvalue weighted by Crippen LogP contribution is -2.36. The molecule has 0 aliphatic heterocycles. The number of aliphatic hydroxyl groups excluding tert-OH is 1. The van der Waals surface area contributed by atoms with Gasteiger partial charge >= 0.3 is 6.16 Å². The third kappa shape index (κ3) is 1.60. The molecule has 0 aromatic rings. The van der Waals surface area contributed by atoms with Crippen molar-refractivity contribution in [2.24, 2.45) is 0 Å². The molecule has 0 unspecified atom stereocenters. The second-order valence-corrected chi connectivity index (χ2v) is 2.32. The van der Waals surface area contributed by atoms with Crippen LogP contribution in [0.25, 0.3) is 0 Å². The maximum absolute atomic E-state index is 10.4. The van der Waals surface area contributed by atoms with Gasteiger partial charge in [0.25, 0.3) is 0 Å². The molecule has 1 N–H and O–H groups in total. The van der Waals surface area contributed by atoms with Crippen molar-refractivity contribution < 1.29 is 19.4 Å². The lowest BCUT2D eigenvalue weighted by molar-refractivity contribution is -0.0546. The van der Waals surface area contributed by atoms with E-state index in [1.54, 1.807) is 0 Å². The van der Waals surface area contributed by atoms with Crippen LogP contribution < -0.4 is 0 Å². The van der Waals surface area contributed by atoms with Crippen LogP contribution in [-0.2, 0) is 9.47 Å². The molecule has 0 aromatic heterocycles. The SMILES string of the molecule is COC(=O)OC1CC(O)C1. The standard InChI is InChI=1S/C6H10O4/c1-9-6(8)10-5-2-4(7)3-5/h4-5,7H,2-3H2,1H3. The van der Waals surface area contributed by atoms with E-state index in [9.17, 15) is 4.79 Å². The van der Waals surface area contributed by atoms with Crippen molar-refractivity contribution in [2.45, 2.75) is 25.0 Å². The smallest absolute Gasteiger partial charge is 0.438 e. The summed E-state index contributed by atoms with van der Waals surface area (Å²) in [7, 11) is 1.26. The third-order valence-electron chi connectivity index (χ3n) is 1.50. The van der Waals surface area contributed by atoms with Gasteiger partial charge in [0, 0.05) is 12.8 Å². The normalized spacial score (nSPS) is 30.6. The van der Waals surface area contributed by atoms with Crippen LogP contribution in [0, 0.1) is 0 Å². The van der Waals surface area contributed by atoms with Crippen LogP contribution in [0.3, 0.4) is 0 Å². The highest BCUT2D eigenvalue weighted by Gasteiger charge is 2.30. The summed E-state index contributed by atoms with van der Waals surface area (Å²) in [6.45, 7) is 0. The lowest BCUT2D eigenvalue weighted by atomic mass is 9.92. The first-order valence-corrected chi connectivity index (χ1v) is 3.15. The Labute approximate surface area is 58.7 Å². The molecule has 4 heteroatoms. The van der Waals surface area contributed by atoms with E-state index in [0.717, 1.165) is 0 Å². The van der Waals surface area contributed by atoms with Crippen molar-refractivity contribution in [1.29, 1.82) is 0 Å². The molecule has 4 nitrogen and oxygen atoms in total. The first-order valence-electron chi connectivity index (χ1n) is 3.15. The van der Waals surface area contributed by atoms with E-state index in [2.05, 4.69) is 9.47 Å². The van der Waals surface area contributed by atoms with Gasteiger partial charge in [0.2, 0.25) is 0 Å². The molecule has 0 heterocycles. The molecule has 0 saturated heterocycles. The van der Waals surface area contributed by atoms with Gasteiger partial charge in [-0.05, 0) is 0 Å². The van der Waals surface area contributed by atoms with E-state index in [4.69, 9.17) is 5.11 Å². The van der Waals surface area contributed by atoms with Crippen LogP contribution in [0.1, 0.15) is 12.8 Å². The Morgan fingerprint density at radius 2 is 2.20 bits per heavy atom. The maximum Gasteiger partial charge on any atom is 0.508 e. The molecule has 1 saturated carbocycles. The Bertz CT molecular complexity index is 128. The van der Waals surface area contributed by atoms with Gasteiger partial charge in [0.05, 0.1) is 13.2 Å².